The van der Waals surface area contributed by atoms with Crippen molar-refractivity contribution in [3.63, 3.8) is 0 Å². The van der Waals surface area contributed by atoms with Gasteiger partial charge in [-0.25, -0.2) is 0 Å². The summed E-state index contributed by atoms with van der Waals surface area (Å²) < 4.78 is 6.25. The van der Waals surface area contributed by atoms with Gasteiger partial charge in [0, 0.05) is 0 Å². The van der Waals surface area contributed by atoms with Gasteiger partial charge in [0.1, 0.15) is 0 Å². The van der Waals surface area contributed by atoms with Crippen molar-refractivity contribution in [1.82, 2.24) is 0 Å². The Morgan fingerprint density at radius 3 is 2.73 bits per heavy atom. The summed E-state index contributed by atoms with van der Waals surface area (Å²) in [5.41, 5.74) is 1.44. The predicted molar refractivity (Wildman–Crippen MR) is 66.8 cm³/mol. The molecule has 1 aliphatic rings. The molecule has 0 radical (unpaired) electrons. The Morgan fingerprint density at radius 2 is 2.13 bits per heavy atom. The van der Waals surface area contributed by atoms with E-state index >= 15 is 0 Å². The van der Waals surface area contributed by atoms with Gasteiger partial charge in [0.05, 0.1) is 0 Å². The quantitative estimate of drug-likeness (QED) is 0.603. The van der Waals surface area contributed by atoms with Crippen LogP contribution in [-0.2, 0) is 4.74 Å². The molecule has 86 valence electrons. The fourth-order valence-electron chi connectivity index (χ4n) is 1.86. The van der Waals surface area contributed by atoms with E-state index in [9.17, 15) is 0 Å². The number of rotatable bonds is 6. The number of allylic oxidation sites excluding steroid dienone is 3. The molecule has 0 aromatic heterocycles. The van der Waals surface area contributed by atoms with Crippen LogP contribution < -0.4 is 0 Å². The fraction of sp³-hybridized carbons (Fsp3) is 0.667. The summed E-state index contributed by atoms with van der Waals surface area (Å²) in [6.45, 7) is 1.63. The van der Waals surface area contributed by atoms with Crippen LogP contribution in [0.2, 0.25) is 18.8 Å². The Bertz CT molecular complexity index is 251. The third-order valence-electron chi connectivity index (χ3n) is 2.66. The average molecular weight is 317 g/mol. The normalized spacial score (nSPS) is 20.8. The van der Waals surface area contributed by atoms with E-state index in [2.05, 4.69) is 33.0 Å². The molecule has 1 rings (SSSR count). The molecule has 2 nitrogen and oxygen atoms in total. The van der Waals surface area contributed by atoms with E-state index in [0.29, 0.717) is 10.5 Å². The van der Waals surface area contributed by atoms with Gasteiger partial charge in [-0.2, -0.15) is 0 Å². The molecule has 0 saturated carbocycles. The Balaban J connectivity index is 2.36. The summed E-state index contributed by atoms with van der Waals surface area (Å²) in [6, 6.07) is 0. The first-order valence-corrected chi connectivity index (χ1v) is 15.8. The van der Waals surface area contributed by atoms with Crippen molar-refractivity contribution < 1.29 is 9.84 Å². The number of ether oxygens (including phenoxy) is 1. The predicted octanol–water partition coefficient (Wildman–Crippen LogP) is 2.59. The Labute approximate surface area is 96.9 Å². The Kier molecular flexibility index (Phi) is 5.36. The first kappa shape index (κ1) is 13.3. The second kappa shape index (κ2) is 6.06. The monoisotopic (exact) mass is 318 g/mol. The van der Waals surface area contributed by atoms with Crippen LogP contribution in [0.25, 0.3) is 0 Å². The van der Waals surface area contributed by atoms with Gasteiger partial charge < -0.3 is 0 Å². The van der Waals surface area contributed by atoms with E-state index in [-0.39, 0.29) is 6.61 Å². The van der Waals surface area contributed by atoms with E-state index in [1.165, 1.54) is 5.57 Å². The van der Waals surface area contributed by atoms with Gasteiger partial charge in [-0.1, -0.05) is 0 Å². The molecule has 1 atom stereocenters. The number of aliphatic hydroxyl groups excluding tert-OH is 1. The molecular weight excluding hydrogens is 295 g/mol. The van der Waals surface area contributed by atoms with Crippen LogP contribution in [0.1, 0.15) is 6.42 Å². The maximum absolute atomic E-state index is 8.64. The molecule has 0 spiro atoms. The Hall–Kier alpha value is 0.199. The second-order valence-electron chi connectivity index (χ2n) is 5.10. The molecule has 1 N–H and O–H groups in total. The third-order valence-corrected chi connectivity index (χ3v) is 9.60. The van der Waals surface area contributed by atoms with Crippen molar-refractivity contribution >= 4 is 18.4 Å². The van der Waals surface area contributed by atoms with Crippen LogP contribution in [0.3, 0.4) is 0 Å². The molecule has 0 heterocycles. The zero-order valence-corrected chi connectivity index (χ0v) is 12.8. The maximum atomic E-state index is 8.64. The molecular formula is C12H22O2Sn. The van der Waals surface area contributed by atoms with Crippen molar-refractivity contribution in [3.05, 3.63) is 23.8 Å². The summed E-state index contributed by atoms with van der Waals surface area (Å²) in [5.74, 6) is 0. The van der Waals surface area contributed by atoms with Crippen LogP contribution in [0.5, 0.6) is 0 Å². The van der Waals surface area contributed by atoms with Crippen molar-refractivity contribution in [2.24, 2.45) is 0 Å². The zero-order valence-electron chi connectivity index (χ0n) is 9.99. The van der Waals surface area contributed by atoms with E-state index in [4.69, 9.17) is 9.84 Å². The molecule has 0 fully saturated rings. The summed E-state index contributed by atoms with van der Waals surface area (Å²) in [4.78, 5) is 7.36. The topological polar surface area (TPSA) is 29.5 Å². The van der Waals surface area contributed by atoms with Crippen molar-refractivity contribution in [1.29, 1.82) is 0 Å². The standard InChI is InChI=1S/C9H13O2.3CH3.Sn/c10-6-3-7-11-8-9-4-1-2-5-9;;;;/h1-2,4-5,10H,3,6-8H2;3*1H3;. The first-order valence-electron chi connectivity index (χ1n) is 5.61. The number of hydrogen-bond acceptors (Lipinski definition) is 2. The molecule has 15 heavy (non-hydrogen) atoms. The van der Waals surface area contributed by atoms with Gasteiger partial charge in [0.25, 0.3) is 0 Å². The molecule has 3 heteroatoms. The summed E-state index contributed by atoms with van der Waals surface area (Å²) in [5, 5.41) is 8.64. The molecule has 0 aromatic carbocycles. The third kappa shape index (κ3) is 4.29. The van der Waals surface area contributed by atoms with Gasteiger partial charge in [0.15, 0.2) is 0 Å². The zero-order chi connectivity index (χ0) is 11.3. The summed E-state index contributed by atoms with van der Waals surface area (Å²) in [7, 11) is 0. The van der Waals surface area contributed by atoms with Crippen LogP contribution >= 0.6 is 0 Å². The fourth-order valence-corrected chi connectivity index (χ4v) is 7.51. The van der Waals surface area contributed by atoms with Crippen molar-refractivity contribution in [3.8, 4) is 0 Å². The number of aliphatic hydroxyl groups is 1. The van der Waals surface area contributed by atoms with Gasteiger partial charge in [0.2, 0.25) is 0 Å². The molecule has 0 saturated heterocycles. The van der Waals surface area contributed by atoms with Crippen molar-refractivity contribution in [2.45, 2.75) is 25.2 Å². The molecule has 0 bridgehead atoms. The Morgan fingerprint density at radius 1 is 1.40 bits per heavy atom. The van der Waals surface area contributed by atoms with Gasteiger partial charge in [-0.3, -0.25) is 0 Å². The first-order chi connectivity index (χ1) is 7.05. The van der Waals surface area contributed by atoms with E-state index in [0.717, 1.165) is 13.0 Å². The van der Waals surface area contributed by atoms with Crippen LogP contribution in [0.15, 0.2) is 23.8 Å². The molecule has 0 amide bonds. The van der Waals surface area contributed by atoms with E-state index < -0.39 is 18.4 Å². The number of hydrogen-bond donors (Lipinski definition) is 1. The molecule has 1 unspecified atom stereocenters. The SMILES string of the molecule is [CH3][Sn]([CH3])([CH3])[CH]1C=CC=C1COCCCO. The van der Waals surface area contributed by atoms with Crippen molar-refractivity contribution in [2.75, 3.05) is 19.8 Å². The van der Waals surface area contributed by atoms with Gasteiger partial charge in [-0.15, -0.1) is 0 Å². The molecule has 0 aromatic rings. The van der Waals surface area contributed by atoms with Crippen LogP contribution in [0.4, 0.5) is 0 Å². The van der Waals surface area contributed by atoms with E-state index in [1.807, 2.05) is 0 Å². The minimum absolute atomic E-state index is 0.221. The van der Waals surface area contributed by atoms with E-state index in [1.54, 1.807) is 0 Å². The van der Waals surface area contributed by atoms with Crippen LogP contribution in [-0.4, -0.2) is 43.3 Å². The van der Waals surface area contributed by atoms with Gasteiger partial charge in [-0.05, 0) is 0 Å². The van der Waals surface area contributed by atoms with Gasteiger partial charge >= 0.3 is 97.0 Å². The average Bonchev–Trinajstić information content (AvgIpc) is 2.59. The molecule has 1 aliphatic carbocycles. The second-order valence-corrected chi connectivity index (χ2v) is 20.4. The summed E-state index contributed by atoms with van der Waals surface area (Å²) in [6.07, 6.45) is 7.44. The summed E-state index contributed by atoms with van der Waals surface area (Å²) >= 11 is -1.86. The molecule has 0 aliphatic heterocycles. The minimum atomic E-state index is -1.86. The van der Waals surface area contributed by atoms with Crippen LogP contribution in [0, 0.1) is 0 Å².